The molecule has 5 nitrogen and oxygen atoms in total. The first kappa shape index (κ1) is 22.5. The molecule has 4 rings (SSSR count). The van der Waals surface area contributed by atoms with Crippen LogP contribution >= 0.6 is 23.1 Å². The Kier molecular flexibility index (Phi) is 5.87. The average molecular weight is 479 g/mol. The smallest absolute Gasteiger partial charge is 0.422 e. The summed E-state index contributed by atoms with van der Waals surface area (Å²) in [6, 6.07) is 10.3. The van der Waals surface area contributed by atoms with Crippen molar-refractivity contribution < 1.29 is 22.7 Å². The van der Waals surface area contributed by atoms with Gasteiger partial charge in [-0.25, -0.2) is 9.78 Å². The molecule has 166 valence electrons. The van der Waals surface area contributed by atoms with E-state index in [4.69, 9.17) is 4.42 Å². The zero-order valence-corrected chi connectivity index (χ0v) is 18.6. The topological polar surface area (TPSA) is 76.2 Å². The summed E-state index contributed by atoms with van der Waals surface area (Å²) >= 11 is 1.90. The highest BCUT2D eigenvalue weighted by molar-refractivity contribution is 8.01. The van der Waals surface area contributed by atoms with Crippen LogP contribution in [0.2, 0.25) is 0 Å². The van der Waals surface area contributed by atoms with Gasteiger partial charge in [-0.1, -0.05) is 24.8 Å². The van der Waals surface area contributed by atoms with Crippen LogP contribution in [0, 0.1) is 6.92 Å². The Bertz CT molecular complexity index is 1330. The molecule has 1 aromatic carbocycles. The number of fused-ring (bicyclic) bond motifs is 1. The lowest BCUT2D eigenvalue weighted by Gasteiger charge is -2.27. The number of pyridine rings is 1. The summed E-state index contributed by atoms with van der Waals surface area (Å²) in [6.45, 7) is 3.14. The first-order valence-electron chi connectivity index (χ1n) is 9.55. The number of hydrogen-bond acceptors (Lipinski definition) is 7. The van der Waals surface area contributed by atoms with Crippen LogP contribution in [0.4, 0.5) is 13.2 Å². The molecular weight excluding hydrogens is 461 g/mol. The van der Waals surface area contributed by atoms with Crippen LogP contribution in [0.1, 0.15) is 23.9 Å². The molecule has 1 N–H and O–H groups in total. The highest BCUT2D eigenvalue weighted by atomic mass is 32.2. The predicted molar refractivity (Wildman–Crippen MR) is 117 cm³/mol. The van der Waals surface area contributed by atoms with E-state index in [1.807, 2.05) is 19.1 Å². The van der Waals surface area contributed by atoms with Crippen molar-refractivity contribution in [1.29, 1.82) is 0 Å². The van der Waals surface area contributed by atoms with Gasteiger partial charge in [0.05, 0.1) is 4.88 Å². The monoisotopic (exact) mass is 478 g/mol. The van der Waals surface area contributed by atoms with Crippen LogP contribution in [-0.2, 0) is 5.60 Å². The molecule has 1 unspecified atom stereocenters. The van der Waals surface area contributed by atoms with Gasteiger partial charge >= 0.3 is 11.8 Å². The van der Waals surface area contributed by atoms with Crippen molar-refractivity contribution in [2.24, 2.45) is 0 Å². The SMILES string of the molecule is CCC(O)(c1cnc(Sc2ccc3c(-c4ccc(C)nc4)cc(=O)oc3c2)s1)C(F)(F)F. The third kappa shape index (κ3) is 4.17. The van der Waals surface area contributed by atoms with Crippen molar-refractivity contribution in [3.05, 3.63) is 69.8 Å². The number of thiazole rings is 1. The van der Waals surface area contributed by atoms with Crippen molar-refractivity contribution in [1.82, 2.24) is 9.97 Å². The summed E-state index contributed by atoms with van der Waals surface area (Å²) in [4.78, 5) is 20.8. The van der Waals surface area contributed by atoms with Gasteiger partial charge in [0, 0.05) is 45.6 Å². The van der Waals surface area contributed by atoms with Gasteiger partial charge in [0.1, 0.15) is 5.58 Å². The number of benzene rings is 1. The molecule has 0 aliphatic heterocycles. The zero-order valence-electron chi connectivity index (χ0n) is 16.9. The van der Waals surface area contributed by atoms with Crippen LogP contribution in [0.25, 0.3) is 22.1 Å². The summed E-state index contributed by atoms with van der Waals surface area (Å²) in [5.74, 6) is 0. The van der Waals surface area contributed by atoms with E-state index in [2.05, 4.69) is 9.97 Å². The Morgan fingerprint density at radius 3 is 2.56 bits per heavy atom. The van der Waals surface area contributed by atoms with Gasteiger partial charge < -0.3 is 9.52 Å². The van der Waals surface area contributed by atoms with Crippen molar-refractivity contribution >= 4 is 34.1 Å². The number of rotatable bonds is 5. The summed E-state index contributed by atoms with van der Waals surface area (Å²) in [5, 5.41) is 10.8. The largest absolute Gasteiger partial charge is 0.423 e. The standard InChI is InChI=1S/C22H17F3N2O3S2/c1-3-21(29,22(23,24)25)18-11-27-20(32-18)31-14-6-7-15-16(9-19(28)30-17(15)8-14)13-5-4-12(2)26-10-13/h4-11,29H,3H2,1-2H3. The van der Waals surface area contributed by atoms with E-state index in [9.17, 15) is 23.1 Å². The fraction of sp³-hybridized carbons (Fsp3) is 0.227. The van der Waals surface area contributed by atoms with E-state index in [0.29, 0.717) is 25.8 Å². The van der Waals surface area contributed by atoms with E-state index in [-0.39, 0.29) is 4.88 Å². The summed E-state index contributed by atoms with van der Waals surface area (Å²) in [5.41, 5.74) is -0.820. The maximum Gasteiger partial charge on any atom is 0.422 e. The first-order chi connectivity index (χ1) is 15.1. The molecule has 0 aliphatic rings. The van der Waals surface area contributed by atoms with E-state index in [1.54, 1.807) is 24.4 Å². The molecule has 0 bridgehead atoms. The highest BCUT2D eigenvalue weighted by Gasteiger charge is 2.54. The van der Waals surface area contributed by atoms with Gasteiger partial charge in [-0.05, 0) is 37.6 Å². The number of hydrogen-bond donors (Lipinski definition) is 1. The fourth-order valence-electron chi connectivity index (χ4n) is 3.18. The second kappa shape index (κ2) is 8.34. The molecular formula is C22H17F3N2O3S2. The van der Waals surface area contributed by atoms with E-state index in [0.717, 1.165) is 40.6 Å². The number of aliphatic hydroxyl groups is 1. The molecule has 0 amide bonds. The Labute approximate surface area is 189 Å². The van der Waals surface area contributed by atoms with Gasteiger partial charge in [0.15, 0.2) is 9.94 Å². The molecule has 3 heterocycles. The van der Waals surface area contributed by atoms with Crippen LogP contribution in [0.5, 0.6) is 0 Å². The molecule has 32 heavy (non-hydrogen) atoms. The lowest BCUT2D eigenvalue weighted by molar-refractivity contribution is -0.266. The Hall–Kier alpha value is -2.69. The fourth-order valence-corrected chi connectivity index (χ4v) is 5.35. The minimum atomic E-state index is -4.80. The predicted octanol–water partition coefficient (Wildman–Crippen LogP) is 5.93. The van der Waals surface area contributed by atoms with E-state index in [1.165, 1.54) is 13.0 Å². The summed E-state index contributed by atoms with van der Waals surface area (Å²) in [6.07, 6.45) is -2.59. The first-order valence-corrected chi connectivity index (χ1v) is 11.2. The van der Waals surface area contributed by atoms with Gasteiger partial charge in [-0.3, -0.25) is 4.98 Å². The third-order valence-corrected chi connectivity index (χ3v) is 7.23. The minimum Gasteiger partial charge on any atom is -0.423 e. The molecule has 1 atom stereocenters. The second-order valence-electron chi connectivity index (χ2n) is 7.13. The molecule has 10 heteroatoms. The molecule has 0 saturated carbocycles. The molecule has 0 saturated heterocycles. The highest BCUT2D eigenvalue weighted by Crippen LogP contribution is 2.45. The normalized spacial score (nSPS) is 13.9. The number of aryl methyl sites for hydroxylation is 1. The van der Waals surface area contributed by atoms with Crippen LogP contribution in [0.3, 0.4) is 0 Å². The molecule has 0 spiro atoms. The molecule has 4 aromatic rings. The van der Waals surface area contributed by atoms with Gasteiger partial charge in [0.2, 0.25) is 0 Å². The maximum absolute atomic E-state index is 13.3. The number of alkyl halides is 3. The van der Waals surface area contributed by atoms with Crippen molar-refractivity contribution in [2.45, 2.75) is 41.3 Å². The van der Waals surface area contributed by atoms with Gasteiger partial charge in [-0.15, -0.1) is 11.3 Å². The second-order valence-corrected chi connectivity index (χ2v) is 9.48. The van der Waals surface area contributed by atoms with Crippen molar-refractivity contribution in [3.63, 3.8) is 0 Å². The third-order valence-electron chi connectivity index (χ3n) is 5.02. The number of nitrogens with zero attached hydrogens (tertiary/aromatic N) is 2. The minimum absolute atomic E-state index is 0.267. The number of halogens is 3. The Balaban J connectivity index is 1.68. The lowest BCUT2D eigenvalue weighted by Crippen LogP contribution is -2.40. The van der Waals surface area contributed by atoms with E-state index < -0.39 is 23.8 Å². The average Bonchev–Trinajstić information content (AvgIpc) is 3.21. The quantitative estimate of drug-likeness (QED) is 0.358. The summed E-state index contributed by atoms with van der Waals surface area (Å²) < 4.78 is 45.6. The molecule has 0 radical (unpaired) electrons. The summed E-state index contributed by atoms with van der Waals surface area (Å²) in [7, 11) is 0. The molecule has 0 aliphatic carbocycles. The van der Waals surface area contributed by atoms with Crippen molar-refractivity contribution in [2.75, 3.05) is 0 Å². The Morgan fingerprint density at radius 2 is 1.91 bits per heavy atom. The van der Waals surface area contributed by atoms with Gasteiger partial charge in [-0.2, -0.15) is 13.2 Å². The van der Waals surface area contributed by atoms with Crippen LogP contribution in [-0.4, -0.2) is 21.3 Å². The van der Waals surface area contributed by atoms with Crippen LogP contribution in [0.15, 0.2) is 67.2 Å². The van der Waals surface area contributed by atoms with E-state index >= 15 is 0 Å². The zero-order chi connectivity index (χ0) is 23.1. The Morgan fingerprint density at radius 1 is 1.12 bits per heavy atom. The molecule has 0 fully saturated rings. The lowest BCUT2D eigenvalue weighted by atomic mass is 9.99. The van der Waals surface area contributed by atoms with Gasteiger partial charge in [0.25, 0.3) is 0 Å². The van der Waals surface area contributed by atoms with Crippen molar-refractivity contribution in [3.8, 4) is 11.1 Å². The molecule has 3 aromatic heterocycles. The number of aromatic nitrogens is 2. The maximum atomic E-state index is 13.3. The van der Waals surface area contributed by atoms with Crippen LogP contribution < -0.4 is 5.63 Å².